The summed E-state index contributed by atoms with van der Waals surface area (Å²) in [5.41, 5.74) is -3.02. The molecule has 1 aliphatic rings. The molecule has 1 fully saturated rings. The molecular weight excluding hydrogens is 377 g/mol. The summed E-state index contributed by atoms with van der Waals surface area (Å²) < 4.78 is 41.5. The van der Waals surface area contributed by atoms with Crippen molar-refractivity contribution in [3.05, 3.63) is 48.0 Å². The number of nitrogens with one attached hydrogen (secondary N) is 2. The zero-order valence-corrected chi connectivity index (χ0v) is 15.0. The van der Waals surface area contributed by atoms with Crippen molar-refractivity contribution in [2.75, 3.05) is 5.32 Å². The Balaban J connectivity index is 1.75. The number of carbonyl (C=O) groups excluding carboxylic acids is 2. The number of carbonyl (C=O) groups is 2. The van der Waals surface area contributed by atoms with E-state index in [1.807, 2.05) is 0 Å². The van der Waals surface area contributed by atoms with Crippen molar-refractivity contribution in [1.29, 1.82) is 0 Å². The van der Waals surface area contributed by atoms with Crippen LogP contribution in [-0.2, 0) is 17.4 Å². The molecule has 3 rings (SSSR count). The molecule has 0 bridgehead atoms. The van der Waals surface area contributed by atoms with E-state index >= 15 is 0 Å². The first-order chi connectivity index (χ1) is 13.1. The van der Waals surface area contributed by atoms with Gasteiger partial charge in [0.15, 0.2) is 5.82 Å². The Morgan fingerprint density at radius 2 is 2.04 bits per heavy atom. The Morgan fingerprint density at radius 1 is 1.32 bits per heavy atom. The van der Waals surface area contributed by atoms with E-state index in [1.54, 1.807) is 0 Å². The monoisotopic (exact) mass is 396 g/mol. The molecule has 1 aromatic heterocycles. The number of amides is 2. The number of alkyl halides is 3. The summed E-state index contributed by atoms with van der Waals surface area (Å²) in [4.78, 5) is 27.8. The van der Waals surface area contributed by atoms with E-state index in [0.29, 0.717) is 0 Å². The maximum Gasteiger partial charge on any atom is 0.425 e. The predicted molar refractivity (Wildman–Crippen MR) is 93.3 cm³/mol. The number of hydrogen-bond acceptors (Lipinski definition) is 4. The number of anilines is 1. The molecule has 1 aliphatic carbocycles. The van der Waals surface area contributed by atoms with Gasteiger partial charge >= 0.3 is 6.18 Å². The highest BCUT2D eigenvalue weighted by molar-refractivity contribution is 5.97. The molecule has 28 heavy (non-hydrogen) atoms. The number of hydrogen-bond donors (Lipinski definition) is 3. The highest BCUT2D eigenvalue weighted by Gasteiger charge is 2.58. The van der Waals surface area contributed by atoms with Crippen molar-refractivity contribution in [2.45, 2.75) is 37.1 Å². The summed E-state index contributed by atoms with van der Waals surface area (Å²) >= 11 is 0. The smallest absolute Gasteiger partial charge is 0.374 e. The minimum atomic E-state index is -5.12. The zero-order valence-electron chi connectivity index (χ0n) is 15.0. The lowest BCUT2D eigenvalue weighted by Gasteiger charge is -2.29. The van der Waals surface area contributed by atoms with E-state index in [1.165, 1.54) is 37.5 Å². The van der Waals surface area contributed by atoms with Crippen LogP contribution >= 0.6 is 0 Å². The van der Waals surface area contributed by atoms with Gasteiger partial charge in [-0.25, -0.2) is 4.98 Å². The molecule has 0 spiro atoms. The summed E-state index contributed by atoms with van der Waals surface area (Å²) in [6.45, 7) is 0. The first-order valence-electron chi connectivity index (χ1n) is 8.58. The predicted octanol–water partition coefficient (Wildman–Crippen LogP) is 2.09. The number of aromatic nitrogens is 2. The van der Waals surface area contributed by atoms with Gasteiger partial charge in [-0.05, 0) is 31.0 Å². The third-order valence-electron chi connectivity index (χ3n) is 4.40. The summed E-state index contributed by atoms with van der Waals surface area (Å²) in [5, 5.41) is 15.3. The fourth-order valence-corrected chi connectivity index (χ4v) is 2.74. The molecule has 7 nitrogen and oxygen atoms in total. The topological polar surface area (TPSA) is 96.2 Å². The minimum absolute atomic E-state index is 0.144. The molecule has 1 heterocycles. The number of rotatable bonds is 6. The third-order valence-corrected chi connectivity index (χ3v) is 4.40. The molecule has 3 N–H and O–H groups in total. The number of benzene rings is 1. The average Bonchev–Trinajstić information content (AvgIpc) is 3.31. The molecule has 150 valence electrons. The van der Waals surface area contributed by atoms with Crippen LogP contribution in [-0.4, -0.2) is 38.7 Å². The summed E-state index contributed by atoms with van der Waals surface area (Å²) in [7, 11) is 1.29. The van der Waals surface area contributed by atoms with Gasteiger partial charge < -0.3 is 20.3 Å². The fourth-order valence-electron chi connectivity index (χ4n) is 2.74. The molecule has 0 saturated heterocycles. The van der Waals surface area contributed by atoms with E-state index in [4.69, 9.17) is 0 Å². The lowest BCUT2D eigenvalue weighted by atomic mass is 9.97. The number of imidazole rings is 1. The first kappa shape index (κ1) is 19.9. The van der Waals surface area contributed by atoms with Crippen LogP contribution in [0.4, 0.5) is 18.9 Å². The highest BCUT2D eigenvalue weighted by atomic mass is 19.4. The largest absolute Gasteiger partial charge is 0.425 e. The molecule has 1 atom stereocenters. The Labute approximate surface area is 158 Å². The fraction of sp³-hybridized carbons (Fsp3) is 0.389. The van der Waals surface area contributed by atoms with E-state index in [2.05, 4.69) is 15.6 Å². The van der Waals surface area contributed by atoms with Gasteiger partial charge in [-0.1, -0.05) is 6.07 Å². The van der Waals surface area contributed by atoms with Crippen molar-refractivity contribution in [2.24, 2.45) is 7.05 Å². The second-order valence-electron chi connectivity index (χ2n) is 6.77. The number of halogens is 3. The van der Waals surface area contributed by atoms with Gasteiger partial charge in [-0.2, -0.15) is 13.2 Å². The summed E-state index contributed by atoms with van der Waals surface area (Å²) in [6, 6.07) is 5.99. The standard InChI is InChI=1S/C18H19F3N4O3/c1-25-8-7-22-16(25)17(28,18(19,20)21)10-14(26)23-13-4-2-3-11(9-13)15(27)24-12-5-6-12/h2-4,7-9,12,28H,5-6,10H2,1H3,(H,23,26)(H,24,27). The van der Waals surface area contributed by atoms with Crippen LogP contribution in [0.25, 0.3) is 0 Å². The molecule has 1 unspecified atom stereocenters. The third kappa shape index (κ3) is 4.16. The van der Waals surface area contributed by atoms with Crippen LogP contribution in [0, 0.1) is 0 Å². The second kappa shape index (κ2) is 7.27. The van der Waals surface area contributed by atoms with Crippen molar-refractivity contribution in [3.8, 4) is 0 Å². The first-order valence-corrected chi connectivity index (χ1v) is 8.58. The molecular formula is C18H19F3N4O3. The van der Waals surface area contributed by atoms with E-state index in [9.17, 15) is 27.9 Å². The zero-order chi connectivity index (χ0) is 20.5. The minimum Gasteiger partial charge on any atom is -0.374 e. The number of nitrogens with zero attached hydrogens (tertiary/aromatic N) is 2. The average molecular weight is 396 g/mol. The number of aryl methyl sites for hydroxylation is 1. The molecule has 0 radical (unpaired) electrons. The van der Waals surface area contributed by atoms with Crippen LogP contribution in [0.5, 0.6) is 0 Å². The molecule has 1 saturated carbocycles. The van der Waals surface area contributed by atoms with Crippen LogP contribution in [0.3, 0.4) is 0 Å². The van der Waals surface area contributed by atoms with Crippen molar-refractivity contribution in [1.82, 2.24) is 14.9 Å². The Hall–Kier alpha value is -2.88. The molecule has 2 amide bonds. The Bertz CT molecular complexity index is 892. The molecule has 10 heteroatoms. The maximum absolute atomic E-state index is 13.5. The van der Waals surface area contributed by atoms with E-state index in [0.717, 1.165) is 23.6 Å². The van der Waals surface area contributed by atoms with Gasteiger partial charge in [-0.3, -0.25) is 9.59 Å². The van der Waals surface area contributed by atoms with Gasteiger partial charge in [0.25, 0.3) is 5.91 Å². The van der Waals surface area contributed by atoms with E-state index < -0.39 is 29.9 Å². The quantitative estimate of drug-likeness (QED) is 0.697. The van der Waals surface area contributed by atoms with Gasteiger partial charge in [0.05, 0.1) is 6.42 Å². The van der Waals surface area contributed by atoms with Gasteiger partial charge in [0.2, 0.25) is 11.5 Å². The molecule has 1 aromatic carbocycles. The maximum atomic E-state index is 13.5. The van der Waals surface area contributed by atoms with Crippen molar-refractivity contribution in [3.63, 3.8) is 0 Å². The lowest BCUT2D eigenvalue weighted by Crippen LogP contribution is -2.46. The van der Waals surface area contributed by atoms with Gasteiger partial charge in [0, 0.05) is 36.7 Å². The normalized spacial score (nSPS) is 16.3. The number of aliphatic hydroxyl groups is 1. The van der Waals surface area contributed by atoms with Gasteiger partial charge in [-0.15, -0.1) is 0 Å². The summed E-state index contributed by atoms with van der Waals surface area (Å²) in [5.74, 6) is -2.08. The second-order valence-corrected chi connectivity index (χ2v) is 6.77. The van der Waals surface area contributed by atoms with Crippen molar-refractivity contribution < 1.29 is 27.9 Å². The summed E-state index contributed by atoms with van der Waals surface area (Å²) in [6.07, 6.45) is -2.23. The van der Waals surface area contributed by atoms with Crippen LogP contribution in [0.1, 0.15) is 35.4 Å². The van der Waals surface area contributed by atoms with Crippen molar-refractivity contribution >= 4 is 17.5 Å². The highest BCUT2D eigenvalue weighted by Crippen LogP contribution is 2.40. The van der Waals surface area contributed by atoms with E-state index in [-0.39, 0.29) is 23.2 Å². The molecule has 2 aromatic rings. The Morgan fingerprint density at radius 3 is 2.61 bits per heavy atom. The van der Waals surface area contributed by atoms with Crippen LogP contribution in [0.15, 0.2) is 36.7 Å². The van der Waals surface area contributed by atoms with Crippen LogP contribution in [0.2, 0.25) is 0 Å². The van der Waals surface area contributed by atoms with Crippen LogP contribution < -0.4 is 10.6 Å². The Kier molecular flexibility index (Phi) is 5.16. The molecule has 0 aliphatic heterocycles. The van der Waals surface area contributed by atoms with Gasteiger partial charge in [0.1, 0.15) is 0 Å². The lowest BCUT2D eigenvalue weighted by molar-refractivity contribution is -0.270. The SMILES string of the molecule is Cn1ccnc1C(O)(CC(=O)Nc1cccc(C(=O)NC2CC2)c1)C(F)(F)F.